The molecule has 0 aliphatic heterocycles. The standard InChI is InChI=1S/C25H31N3O4S/c1-16(2)14-27-23(30)20-12-9-17(24(31)32-3)13-21(20)26-25(27)33-15-22(29)28(19-10-11-19)18-7-5-4-6-8-18/h7,9,12-13,16,19H,4-6,8,10-11,14-15H2,1-3H3. The lowest BCUT2D eigenvalue weighted by Gasteiger charge is -2.27. The van der Waals surface area contributed by atoms with Crippen molar-refractivity contribution in [1.29, 1.82) is 0 Å². The van der Waals surface area contributed by atoms with Crippen molar-refractivity contribution < 1.29 is 14.3 Å². The average molecular weight is 470 g/mol. The summed E-state index contributed by atoms with van der Waals surface area (Å²) in [6.07, 6.45) is 8.60. The van der Waals surface area contributed by atoms with Crippen LogP contribution in [0.1, 0.15) is 62.7 Å². The number of aromatic nitrogens is 2. The van der Waals surface area contributed by atoms with Gasteiger partial charge >= 0.3 is 5.97 Å². The van der Waals surface area contributed by atoms with Gasteiger partial charge in [-0.2, -0.15) is 0 Å². The maximum atomic E-state index is 13.3. The van der Waals surface area contributed by atoms with Crippen LogP contribution >= 0.6 is 11.8 Å². The van der Waals surface area contributed by atoms with Gasteiger partial charge in [0.1, 0.15) is 0 Å². The first-order valence-corrected chi connectivity index (χ1v) is 12.6. The second-order valence-electron chi connectivity index (χ2n) is 9.15. The molecule has 2 aliphatic carbocycles. The van der Waals surface area contributed by atoms with Crippen LogP contribution in [0.4, 0.5) is 0 Å². The average Bonchev–Trinajstić information content (AvgIpc) is 3.64. The number of nitrogens with zero attached hydrogens (tertiary/aromatic N) is 3. The van der Waals surface area contributed by atoms with E-state index in [-0.39, 0.29) is 23.1 Å². The van der Waals surface area contributed by atoms with Crippen molar-refractivity contribution in [3.8, 4) is 0 Å². The third-order valence-electron chi connectivity index (χ3n) is 5.97. The van der Waals surface area contributed by atoms with Gasteiger partial charge < -0.3 is 9.64 Å². The molecule has 0 bridgehead atoms. The van der Waals surface area contributed by atoms with Gasteiger partial charge in [0.2, 0.25) is 5.91 Å². The predicted molar refractivity (Wildman–Crippen MR) is 129 cm³/mol. The molecule has 176 valence electrons. The Morgan fingerprint density at radius 1 is 1.27 bits per heavy atom. The Balaban J connectivity index is 1.64. The van der Waals surface area contributed by atoms with Gasteiger partial charge in [0, 0.05) is 18.3 Å². The van der Waals surface area contributed by atoms with Crippen LogP contribution < -0.4 is 5.56 Å². The molecule has 2 aliphatic rings. The summed E-state index contributed by atoms with van der Waals surface area (Å²) < 4.78 is 6.46. The molecule has 0 atom stereocenters. The number of amides is 1. The van der Waals surface area contributed by atoms with Gasteiger partial charge in [-0.25, -0.2) is 9.78 Å². The molecule has 0 N–H and O–H groups in total. The smallest absolute Gasteiger partial charge is 0.337 e. The number of methoxy groups -OCH3 is 1. The van der Waals surface area contributed by atoms with E-state index >= 15 is 0 Å². The zero-order chi connectivity index (χ0) is 23.5. The summed E-state index contributed by atoms with van der Waals surface area (Å²) in [6, 6.07) is 5.10. The number of carbonyl (C=O) groups is 2. The van der Waals surface area contributed by atoms with Crippen LogP contribution in [0, 0.1) is 5.92 Å². The molecule has 2 aromatic rings. The lowest BCUT2D eigenvalue weighted by Crippen LogP contribution is -2.34. The van der Waals surface area contributed by atoms with Gasteiger partial charge in [0.15, 0.2) is 5.16 Å². The van der Waals surface area contributed by atoms with Crippen LogP contribution in [0.5, 0.6) is 0 Å². The van der Waals surface area contributed by atoms with Crippen LogP contribution in [0.2, 0.25) is 0 Å². The van der Waals surface area contributed by atoms with Crippen molar-refractivity contribution in [3.05, 3.63) is 45.9 Å². The Morgan fingerprint density at radius 3 is 2.70 bits per heavy atom. The van der Waals surface area contributed by atoms with E-state index in [2.05, 4.69) is 6.08 Å². The van der Waals surface area contributed by atoms with Crippen molar-refractivity contribution in [2.75, 3.05) is 12.9 Å². The molecule has 0 spiro atoms. The fourth-order valence-corrected chi connectivity index (χ4v) is 5.12. The molecule has 1 saturated carbocycles. The van der Waals surface area contributed by atoms with Crippen LogP contribution in [-0.2, 0) is 16.1 Å². The first kappa shape index (κ1) is 23.5. The molecule has 7 nitrogen and oxygen atoms in total. The molecule has 33 heavy (non-hydrogen) atoms. The first-order chi connectivity index (χ1) is 15.9. The van der Waals surface area contributed by atoms with Gasteiger partial charge in [0.25, 0.3) is 5.56 Å². The van der Waals surface area contributed by atoms with E-state index in [0.29, 0.717) is 34.2 Å². The van der Waals surface area contributed by atoms with E-state index in [1.807, 2.05) is 18.7 Å². The lowest BCUT2D eigenvalue weighted by atomic mass is 10.0. The summed E-state index contributed by atoms with van der Waals surface area (Å²) >= 11 is 1.30. The Labute approximate surface area is 198 Å². The van der Waals surface area contributed by atoms with E-state index < -0.39 is 5.97 Å². The molecule has 0 unspecified atom stereocenters. The Hall–Kier alpha value is -2.61. The number of benzene rings is 1. The van der Waals surface area contributed by atoms with Crippen LogP contribution in [0.25, 0.3) is 10.9 Å². The number of esters is 1. The van der Waals surface area contributed by atoms with Crippen LogP contribution in [-0.4, -0.2) is 45.2 Å². The SMILES string of the molecule is COC(=O)c1ccc2c(=O)n(CC(C)C)c(SCC(=O)N(C3=CCCCC3)C3CC3)nc2c1. The molecule has 1 amide bonds. The highest BCUT2D eigenvalue weighted by molar-refractivity contribution is 7.99. The van der Waals surface area contributed by atoms with E-state index in [4.69, 9.17) is 9.72 Å². The normalized spacial score (nSPS) is 16.1. The van der Waals surface area contributed by atoms with Crippen molar-refractivity contribution in [2.45, 2.75) is 70.1 Å². The molecule has 1 aromatic heterocycles. The zero-order valence-electron chi connectivity index (χ0n) is 19.5. The zero-order valence-corrected chi connectivity index (χ0v) is 20.3. The third kappa shape index (κ3) is 5.32. The summed E-state index contributed by atoms with van der Waals surface area (Å²) in [4.78, 5) is 45.2. The number of carbonyl (C=O) groups excluding carboxylic acids is 2. The highest BCUT2D eigenvalue weighted by atomic mass is 32.2. The summed E-state index contributed by atoms with van der Waals surface area (Å²) in [5.41, 5.74) is 1.78. The van der Waals surface area contributed by atoms with Crippen molar-refractivity contribution >= 4 is 34.5 Å². The van der Waals surface area contributed by atoms with Crippen molar-refractivity contribution in [2.24, 2.45) is 5.92 Å². The second kappa shape index (κ2) is 10.1. The largest absolute Gasteiger partial charge is 0.465 e. The van der Waals surface area contributed by atoms with Gasteiger partial charge in [-0.05, 0) is 62.6 Å². The maximum Gasteiger partial charge on any atom is 0.337 e. The monoisotopic (exact) mass is 469 g/mol. The predicted octanol–water partition coefficient (Wildman–Crippen LogP) is 4.38. The third-order valence-corrected chi connectivity index (χ3v) is 6.93. The molecular weight excluding hydrogens is 438 g/mol. The van der Waals surface area contributed by atoms with Crippen molar-refractivity contribution in [3.63, 3.8) is 0 Å². The summed E-state index contributed by atoms with van der Waals surface area (Å²) in [7, 11) is 1.32. The molecular formula is C25H31N3O4S. The summed E-state index contributed by atoms with van der Waals surface area (Å²) in [6.45, 7) is 4.59. The maximum absolute atomic E-state index is 13.3. The molecule has 0 radical (unpaired) electrons. The number of ether oxygens (including phenoxy) is 1. The van der Waals surface area contributed by atoms with Crippen LogP contribution in [0.15, 0.2) is 39.9 Å². The minimum Gasteiger partial charge on any atom is -0.465 e. The Bertz CT molecular complexity index is 1150. The van der Waals surface area contributed by atoms with Crippen molar-refractivity contribution in [1.82, 2.24) is 14.5 Å². The Morgan fingerprint density at radius 2 is 2.06 bits per heavy atom. The van der Waals surface area contributed by atoms with Crippen LogP contribution in [0.3, 0.4) is 0 Å². The first-order valence-electron chi connectivity index (χ1n) is 11.7. The summed E-state index contributed by atoms with van der Waals surface area (Å²) in [5, 5.41) is 0.955. The quantitative estimate of drug-likeness (QED) is 0.324. The van der Waals surface area contributed by atoms with E-state index in [9.17, 15) is 14.4 Å². The Kier molecular flexibility index (Phi) is 7.22. The molecule has 1 heterocycles. The number of hydrogen-bond acceptors (Lipinski definition) is 6. The molecule has 8 heteroatoms. The van der Waals surface area contributed by atoms with Gasteiger partial charge in [-0.1, -0.05) is 31.7 Å². The second-order valence-corrected chi connectivity index (χ2v) is 10.1. The molecule has 0 saturated heterocycles. The number of rotatable bonds is 8. The van der Waals surface area contributed by atoms with Gasteiger partial charge in [0.05, 0.1) is 29.3 Å². The van der Waals surface area contributed by atoms with E-state index in [1.54, 1.807) is 22.8 Å². The highest BCUT2D eigenvalue weighted by Gasteiger charge is 2.35. The molecule has 1 aromatic carbocycles. The number of thioether (sulfide) groups is 1. The number of fused-ring (bicyclic) bond motifs is 1. The molecule has 1 fully saturated rings. The minimum atomic E-state index is -0.477. The fourth-order valence-electron chi connectivity index (χ4n) is 4.25. The minimum absolute atomic E-state index is 0.0735. The highest BCUT2D eigenvalue weighted by Crippen LogP contribution is 2.34. The topological polar surface area (TPSA) is 81.5 Å². The fraction of sp³-hybridized carbons (Fsp3) is 0.520. The summed E-state index contributed by atoms with van der Waals surface area (Å²) in [5.74, 6) is 0.0574. The van der Waals surface area contributed by atoms with Gasteiger partial charge in [-0.15, -0.1) is 0 Å². The van der Waals surface area contributed by atoms with E-state index in [1.165, 1.54) is 25.3 Å². The van der Waals surface area contributed by atoms with E-state index in [0.717, 1.165) is 37.8 Å². The van der Waals surface area contributed by atoms with Gasteiger partial charge in [-0.3, -0.25) is 14.2 Å². The molecule has 4 rings (SSSR count). The lowest BCUT2D eigenvalue weighted by molar-refractivity contribution is -0.127. The number of allylic oxidation sites excluding steroid dienone is 2. The number of hydrogen-bond donors (Lipinski definition) is 0.